The second kappa shape index (κ2) is 8.99. The molecule has 0 aliphatic carbocycles. The van der Waals surface area contributed by atoms with E-state index in [0.717, 1.165) is 11.8 Å². The fourth-order valence-corrected chi connectivity index (χ4v) is 3.28. The molecule has 0 saturated carbocycles. The Morgan fingerprint density at radius 3 is 3.00 bits per heavy atom. The Morgan fingerprint density at radius 1 is 1.41 bits per heavy atom. The summed E-state index contributed by atoms with van der Waals surface area (Å²) in [5, 5.41) is 5.45. The van der Waals surface area contributed by atoms with Crippen LogP contribution < -0.4 is 15.4 Å². The first-order valence-electron chi connectivity index (χ1n) is 9.93. The van der Waals surface area contributed by atoms with Crippen LogP contribution in [0.5, 0.6) is 5.75 Å². The summed E-state index contributed by atoms with van der Waals surface area (Å²) < 4.78 is 48.6. The van der Waals surface area contributed by atoms with Crippen LogP contribution in [0.1, 0.15) is 13.3 Å². The molecule has 3 aromatic heterocycles. The van der Waals surface area contributed by atoms with E-state index >= 15 is 0 Å². The van der Waals surface area contributed by atoms with Crippen LogP contribution in [0.4, 0.5) is 19.0 Å². The fraction of sp³-hybridized carbons (Fsp3) is 0.400. The lowest BCUT2D eigenvalue weighted by Gasteiger charge is -2.18. The summed E-state index contributed by atoms with van der Waals surface area (Å²) in [7, 11) is 0. The van der Waals surface area contributed by atoms with Gasteiger partial charge in [-0.3, -0.25) is 4.79 Å². The van der Waals surface area contributed by atoms with Gasteiger partial charge in [0.25, 0.3) is 0 Å². The van der Waals surface area contributed by atoms with Crippen LogP contribution in [0.25, 0.3) is 22.3 Å². The summed E-state index contributed by atoms with van der Waals surface area (Å²) in [5.74, 6) is -0.0407. The van der Waals surface area contributed by atoms with E-state index in [0.29, 0.717) is 35.9 Å². The highest BCUT2D eigenvalue weighted by molar-refractivity contribution is 5.92. The molecule has 170 valence electrons. The molecule has 3 N–H and O–H groups in total. The highest BCUT2D eigenvalue weighted by atomic mass is 19.4. The molecule has 1 amide bonds. The van der Waals surface area contributed by atoms with Gasteiger partial charge in [-0.1, -0.05) is 0 Å². The average Bonchev–Trinajstić information content (AvgIpc) is 3.41. The van der Waals surface area contributed by atoms with Crippen molar-refractivity contribution in [2.75, 3.05) is 25.1 Å². The van der Waals surface area contributed by atoms with E-state index in [4.69, 9.17) is 9.47 Å². The Morgan fingerprint density at radius 2 is 2.25 bits per heavy atom. The van der Waals surface area contributed by atoms with Gasteiger partial charge in [0.05, 0.1) is 18.9 Å². The normalized spacial score (nSPS) is 17.3. The molecule has 0 bridgehead atoms. The van der Waals surface area contributed by atoms with Crippen LogP contribution in [0.2, 0.25) is 0 Å². The van der Waals surface area contributed by atoms with Crippen molar-refractivity contribution in [3.63, 3.8) is 0 Å². The Kier molecular flexibility index (Phi) is 6.12. The molecule has 0 spiro atoms. The number of hydrogen-bond donors (Lipinski definition) is 3. The topological polar surface area (TPSA) is 114 Å². The molecule has 9 nitrogen and oxygen atoms in total. The van der Waals surface area contributed by atoms with E-state index in [-0.39, 0.29) is 11.9 Å². The first kappa shape index (κ1) is 21.8. The zero-order valence-corrected chi connectivity index (χ0v) is 17.1. The molecule has 3 aromatic rings. The minimum absolute atomic E-state index is 0.128. The molecule has 1 aliphatic heterocycles. The monoisotopic (exact) mass is 450 g/mol. The van der Waals surface area contributed by atoms with Crippen LogP contribution in [-0.4, -0.2) is 63.9 Å². The number of anilines is 1. The highest BCUT2D eigenvalue weighted by Gasteiger charge is 2.29. The van der Waals surface area contributed by atoms with Crippen molar-refractivity contribution in [3.05, 3.63) is 30.9 Å². The number of ether oxygens (including phenoxy) is 2. The average molecular weight is 450 g/mol. The van der Waals surface area contributed by atoms with Gasteiger partial charge in [0.15, 0.2) is 0 Å². The molecule has 12 heteroatoms. The van der Waals surface area contributed by atoms with Crippen LogP contribution in [0.15, 0.2) is 30.9 Å². The van der Waals surface area contributed by atoms with Gasteiger partial charge < -0.3 is 25.1 Å². The van der Waals surface area contributed by atoms with Crippen molar-refractivity contribution in [3.8, 4) is 17.0 Å². The van der Waals surface area contributed by atoms with Gasteiger partial charge in [-0.05, 0) is 6.92 Å². The lowest BCUT2D eigenvalue weighted by atomic mass is 10.1. The van der Waals surface area contributed by atoms with E-state index in [2.05, 4.69) is 25.3 Å². The third-order valence-corrected chi connectivity index (χ3v) is 4.84. The summed E-state index contributed by atoms with van der Waals surface area (Å²) >= 11 is 0. The van der Waals surface area contributed by atoms with Crippen LogP contribution in [-0.2, 0) is 9.53 Å². The quantitative estimate of drug-likeness (QED) is 0.507. The zero-order chi connectivity index (χ0) is 22.7. The number of carbonyl (C=O) groups is 1. The molecule has 2 atom stereocenters. The van der Waals surface area contributed by atoms with Gasteiger partial charge in [-0.15, -0.1) is 0 Å². The molecule has 4 heterocycles. The molecular weight excluding hydrogens is 429 g/mol. The Bertz CT molecular complexity index is 1100. The van der Waals surface area contributed by atoms with Gasteiger partial charge in [-0.2, -0.15) is 13.2 Å². The Hall–Kier alpha value is -3.41. The highest BCUT2D eigenvalue weighted by Crippen LogP contribution is 2.31. The van der Waals surface area contributed by atoms with Crippen LogP contribution in [0, 0.1) is 0 Å². The van der Waals surface area contributed by atoms with E-state index < -0.39 is 24.7 Å². The first-order chi connectivity index (χ1) is 15.3. The smallest absolute Gasteiger partial charge is 0.405 e. The minimum Gasteiger partial charge on any atom is -0.488 e. The number of aromatic nitrogens is 4. The van der Waals surface area contributed by atoms with Gasteiger partial charge in [0.1, 0.15) is 42.2 Å². The standard InChI is InChI=1S/C20H21F3N6O3/c1-11(19(30)26-9-20(21,22)23)28-17-5-13(32-12-2-3-31-8-12)4-16(29-17)14-7-25-18-15(14)6-24-10-27-18/h4-7,10-12H,2-3,8-9H2,1H3,(H,26,30)(H,28,29)(H,24,25,27)/t11-,12?/m0/s1. The molecule has 0 radical (unpaired) electrons. The van der Waals surface area contributed by atoms with Crippen molar-refractivity contribution in [1.29, 1.82) is 0 Å². The molecule has 1 unspecified atom stereocenters. The van der Waals surface area contributed by atoms with Crippen molar-refractivity contribution in [1.82, 2.24) is 25.3 Å². The predicted molar refractivity (Wildman–Crippen MR) is 109 cm³/mol. The second-order valence-corrected chi connectivity index (χ2v) is 7.36. The van der Waals surface area contributed by atoms with Crippen molar-refractivity contribution < 1.29 is 27.4 Å². The van der Waals surface area contributed by atoms with Gasteiger partial charge in [0.2, 0.25) is 5.91 Å². The summed E-state index contributed by atoms with van der Waals surface area (Å²) in [6.07, 6.45) is 0.913. The number of nitrogens with zero attached hydrogens (tertiary/aromatic N) is 3. The maximum absolute atomic E-state index is 12.4. The number of carbonyl (C=O) groups excluding carboxylic acids is 1. The SMILES string of the molecule is C[C@H](Nc1cc(OC2CCOC2)cc(-c2c[nH]c3ncncc23)n1)C(=O)NCC(F)(F)F. The lowest BCUT2D eigenvalue weighted by Crippen LogP contribution is -2.42. The van der Waals surface area contributed by atoms with Crippen LogP contribution in [0.3, 0.4) is 0 Å². The maximum atomic E-state index is 12.4. The maximum Gasteiger partial charge on any atom is 0.405 e. The molecule has 4 rings (SSSR count). The van der Waals surface area contributed by atoms with Gasteiger partial charge in [-0.25, -0.2) is 15.0 Å². The largest absolute Gasteiger partial charge is 0.488 e. The van der Waals surface area contributed by atoms with Gasteiger partial charge in [0, 0.05) is 41.9 Å². The molecule has 0 aromatic carbocycles. The molecule has 1 saturated heterocycles. The number of pyridine rings is 1. The third-order valence-electron chi connectivity index (χ3n) is 4.84. The number of hydrogen-bond acceptors (Lipinski definition) is 7. The number of amides is 1. The number of H-pyrrole nitrogens is 1. The van der Waals surface area contributed by atoms with E-state index in [9.17, 15) is 18.0 Å². The fourth-order valence-electron chi connectivity index (χ4n) is 3.28. The zero-order valence-electron chi connectivity index (χ0n) is 17.1. The first-order valence-corrected chi connectivity index (χ1v) is 9.93. The number of fused-ring (bicyclic) bond motifs is 1. The predicted octanol–water partition coefficient (Wildman–Crippen LogP) is 2.67. The van der Waals surface area contributed by atoms with E-state index in [1.54, 1.807) is 24.5 Å². The second-order valence-electron chi connectivity index (χ2n) is 7.36. The number of halogens is 3. The Balaban J connectivity index is 1.60. The molecule has 1 fully saturated rings. The third kappa shape index (κ3) is 5.25. The van der Waals surface area contributed by atoms with Crippen molar-refractivity contribution in [2.45, 2.75) is 31.7 Å². The number of alkyl halides is 3. The summed E-state index contributed by atoms with van der Waals surface area (Å²) in [5.41, 5.74) is 1.86. The Labute approximate surface area is 180 Å². The van der Waals surface area contributed by atoms with Gasteiger partial charge >= 0.3 is 6.18 Å². The summed E-state index contributed by atoms with van der Waals surface area (Å²) in [4.78, 5) is 27.9. The minimum atomic E-state index is -4.49. The van der Waals surface area contributed by atoms with Crippen molar-refractivity contribution in [2.24, 2.45) is 0 Å². The van der Waals surface area contributed by atoms with Crippen LogP contribution >= 0.6 is 0 Å². The number of rotatable bonds is 7. The number of nitrogens with one attached hydrogen (secondary N) is 3. The molecule has 1 aliphatic rings. The lowest BCUT2D eigenvalue weighted by molar-refractivity contribution is -0.138. The summed E-state index contributed by atoms with van der Waals surface area (Å²) in [6.45, 7) is 1.10. The van der Waals surface area contributed by atoms with E-state index in [1.807, 2.05) is 5.32 Å². The summed E-state index contributed by atoms with van der Waals surface area (Å²) in [6, 6.07) is 2.38. The number of aromatic amines is 1. The van der Waals surface area contributed by atoms with E-state index in [1.165, 1.54) is 13.3 Å². The molecule has 32 heavy (non-hydrogen) atoms. The van der Waals surface area contributed by atoms with Crippen molar-refractivity contribution >= 4 is 22.8 Å². The molecular formula is C20H21F3N6O3.